The summed E-state index contributed by atoms with van der Waals surface area (Å²) in [6.45, 7) is 6.00. The van der Waals surface area contributed by atoms with Crippen LogP contribution in [0, 0.1) is 24.0 Å². The van der Waals surface area contributed by atoms with Crippen LogP contribution in [-0.4, -0.2) is 47.8 Å². The van der Waals surface area contributed by atoms with E-state index < -0.39 is 28.5 Å². The molecule has 2 aromatic rings. The maximum atomic E-state index is 12.8. The number of nitrogens with zero attached hydrogens (tertiary/aromatic N) is 1. The van der Waals surface area contributed by atoms with Gasteiger partial charge in [-0.25, -0.2) is 4.79 Å². The van der Waals surface area contributed by atoms with Crippen molar-refractivity contribution in [3.63, 3.8) is 0 Å². The summed E-state index contributed by atoms with van der Waals surface area (Å²) in [6, 6.07) is 2.16. The second kappa shape index (κ2) is 8.76. The van der Waals surface area contributed by atoms with Crippen LogP contribution in [0.5, 0.6) is 11.5 Å². The number of nitro groups is 1. The lowest BCUT2D eigenvalue weighted by atomic mass is 10.0. The van der Waals surface area contributed by atoms with Crippen molar-refractivity contribution in [1.29, 1.82) is 0 Å². The number of ether oxygens (including phenoxy) is 3. The third kappa shape index (κ3) is 4.17. The van der Waals surface area contributed by atoms with Crippen LogP contribution in [0.25, 0.3) is 0 Å². The van der Waals surface area contributed by atoms with Crippen LogP contribution in [0.15, 0.2) is 12.1 Å². The van der Waals surface area contributed by atoms with Gasteiger partial charge in [0.15, 0.2) is 23.4 Å². The molecule has 2 rings (SSSR count). The third-order valence-electron chi connectivity index (χ3n) is 4.61. The Bertz CT molecular complexity index is 1040. The van der Waals surface area contributed by atoms with E-state index in [1.165, 1.54) is 28.1 Å². The van der Waals surface area contributed by atoms with Crippen molar-refractivity contribution in [2.45, 2.75) is 33.8 Å². The van der Waals surface area contributed by atoms with Crippen LogP contribution < -0.4 is 9.47 Å². The van der Waals surface area contributed by atoms with E-state index in [4.69, 9.17) is 14.2 Å². The number of nitrogens with one attached hydrogen (secondary N) is 1. The highest BCUT2D eigenvalue weighted by molar-refractivity contribution is 6.06. The van der Waals surface area contributed by atoms with Gasteiger partial charge in [-0.15, -0.1) is 0 Å². The summed E-state index contributed by atoms with van der Waals surface area (Å²) in [5.41, 5.74) is 0.568. The Morgan fingerprint density at radius 1 is 1.10 bits per heavy atom. The maximum absolute atomic E-state index is 12.8. The zero-order valence-electron chi connectivity index (χ0n) is 17.4. The van der Waals surface area contributed by atoms with Gasteiger partial charge in [-0.1, -0.05) is 0 Å². The summed E-state index contributed by atoms with van der Waals surface area (Å²) in [5, 5.41) is 11.4. The summed E-state index contributed by atoms with van der Waals surface area (Å²) in [5.74, 6) is -1.68. The second-order valence-electron chi connectivity index (χ2n) is 6.57. The van der Waals surface area contributed by atoms with Crippen molar-refractivity contribution in [2.75, 3.05) is 14.2 Å². The molecule has 0 bridgehead atoms. The molecule has 0 aliphatic carbocycles. The first-order valence-corrected chi connectivity index (χ1v) is 8.89. The highest BCUT2D eigenvalue weighted by atomic mass is 16.6. The lowest BCUT2D eigenvalue weighted by molar-refractivity contribution is -0.385. The molecule has 0 aliphatic heterocycles. The molecule has 0 saturated heterocycles. The number of hydrogen-bond donors (Lipinski definition) is 1. The average Bonchev–Trinajstić information content (AvgIpc) is 2.99. The summed E-state index contributed by atoms with van der Waals surface area (Å²) >= 11 is 0. The van der Waals surface area contributed by atoms with E-state index in [9.17, 15) is 24.5 Å². The van der Waals surface area contributed by atoms with Crippen LogP contribution in [0.1, 0.15) is 56.3 Å². The minimum atomic E-state index is -1.26. The number of Topliss-reactive ketones (excluding diaryl/α,β-unsaturated/α-hetero) is 2. The number of carbonyl (C=O) groups is 3. The highest BCUT2D eigenvalue weighted by Gasteiger charge is 2.30. The topological polar surface area (TPSA) is 138 Å². The van der Waals surface area contributed by atoms with Crippen LogP contribution in [-0.2, 0) is 4.74 Å². The molecule has 1 atom stereocenters. The Hall–Kier alpha value is -3.69. The first kappa shape index (κ1) is 22.6. The van der Waals surface area contributed by atoms with Gasteiger partial charge in [0.1, 0.15) is 5.56 Å². The van der Waals surface area contributed by atoms with Crippen LogP contribution in [0.2, 0.25) is 0 Å². The zero-order valence-corrected chi connectivity index (χ0v) is 17.4. The van der Waals surface area contributed by atoms with Crippen molar-refractivity contribution in [3.05, 3.63) is 50.3 Å². The van der Waals surface area contributed by atoms with Gasteiger partial charge in [0, 0.05) is 17.3 Å². The Labute approximate surface area is 172 Å². The van der Waals surface area contributed by atoms with Gasteiger partial charge in [-0.2, -0.15) is 0 Å². The Kier molecular flexibility index (Phi) is 6.60. The Balaban J connectivity index is 2.36. The van der Waals surface area contributed by atoms with E-state index in [-0.39, 0.29) is 28.5 Å². The van der Waals surface area contributed by atoms with E-state index >= 15 is 0 Å². The molecule has 160 valence electrons. The molecular formula is C20H22N2O8. The molecule has 10 nitrogen and oxygen atoms in total. The highest BCUT2D eigenvalue weighted by Crippen LogP contribution is 2.35. The molecule has 0 saturated carbocycles. The van der Waals surface area contributed by atoms with E-state index in [1.54, 1.807) is 13.8 Å². The molecular weight excluding hydrogens is 396 g/mol. The average molecular weight is 418 g/mol. The van der Waals surface area contributed by atoms with Gasteiger partial charge in [0.2, 0.25) is 5.78 Å². The number of H-pyrrole nitrogens is 1. The quantitative estimate of drug-likeness (QED) is 0.298. The van der Waals surface area contributed by atoms with Gasteiger partial charge in [-0.05, 0) is 33.3 Å². The fraction of sp³-hybridized carbons (Fsp3) is 0.350. The van der Waals surface area contributed by atoms with Crippen molar-refractivity contribution < 1.29 is 33.5 Å². The second-order valence-corrected chi connectivity index (χ2v) is 6.57. The maximum Gasteiger partial charge on any atom is 0.346 e. The molecule has 0 spiro atoms. The molecule has 0 amide bonds. The van der Waals surface area contributed by atoms with Gasteiger partial charge < -0.3 is 19.2 Å². The molecule has 0 fully saturated rings. The smallest absolute Gasteiger partial charge is 0.346 e. The summed E-state index contributed by atoms with van der Waals surface area (Å²) in [7, 11) is 2.62. The minimum absolute atomic E-state index is 0.0686. The number of aryl methyl sites for hydroxylation is 1. The number of nitro benzene ring substituents is 1. The molecule has 30 heavy (non-hydrogen) atoms. The molecule has 1 aromatic heterocycles. The summed E-state index contributed by atoms with van der Waals surface area (Å²) in [4.78, 5) is 50.6. The molecule has 1 aromatic carbocycles. The monoisotopic (exact) mass is 418 g/mol. The van der Waals surface area contributed by atoms with Crippen molar-refractivity contribution in [1.82, 2.24) is 4.98 Å². The predicted molar refractivity (Wildman–Crippen MR) is 106 cm³/mol. The standard InChI is InChI=1S/C20H22N2O8/c1-9-17(11(3)23)10(2)21-18(9)19(24)12(4)30-20(25)13-7-15(28-5)16(29-6)8-14(13)22(26)27/h7-8,12,21H,1-6H3/t12-/m0/s1. The van der Waals surface area contributed by atoms with Gasteiger partial charge in [0.05, 0.1) is 30.9 Å². The Morgan fingerprint density at radius 2 is 1.67 bits per heavy atom. The minimum Gasteiger partial charge on any atom is -0.493 e. The van der Waals surface area contributed by atoms with Gasteiger partial charge in [0.25, 0.3) is 5.69 Å². The molecule has 1 heterocycles. The third-order valence-corrected chi connectivity index (χ3v) is 4.61. The van der Waals surface area contributed by atoms with E-state index in [1.807, 2.05) is 0 Å². The van der Waals surface area contributed by atoms with Crippen molar-refractivity contribution in [2.24, 2.45) is 0 Å². The SMILES string of the molecule is COc1cc(C(=O)O[C@@H](C)C(=O)c2[nH]c(C)c(C(C)=O)c2C)c([N+](=O)[O-])cc1OC. The number of rotatable bonds is 8. The number of methoxy groups -OCH3 is 2. The van der Waals surface area contributed by atoms with E-state index in [0.29, 0.717) is 16.8 Å². The lowest BCUT2D eigenvalue weighted by Gasteiger charge is -2.14. The first-order valence-electron chi connectivity index (χ1n) is 8.89. The van der Waals surface area contributed by atoms with Crippen molar-refractivity contribution >= 4 is 23.2 Å². The van der Waals surface area contributed by atoms with Crippen molar-refractivity contribution in [3.8, 4) is 11.5 Å². The fourth-order valence-corrected chi connectivity index (χ4v) is 3.19. The molecule has 0 unspecified atom stereocenters. The van der Waals surface area contributed by atoms with E-state index in [0.717, 1.165) is 12.1 Å². The lowest BCUT2D eigenvalue weighted by Crippen LogP contribution is -2.25. The molecule has 0 aliphatic rings. The van der Waals surface area contributed by atoms with Crippen LogP contribution >= 0.6 is 0 Å². The number of aromatic nitrogens is 1. The van der Waals surface area contributed by atoms with E-state index in [2.05, 4.69) is 4.98 Å². The fourth-order valence-electron chi connectivity index (χ4n) is 3.19. The number of ketones is 2. The summed E-state index contributed by atoms with van der Waals surface area (Å²) < 4.78 is 15.3. The van der Waals surface area contributed by atoms with Gasteiger partial charge in [-0.3, -0.25) is 19.7 Å². The Morgan fingerprint density at radius 3 is 2.13 bits per heavy atom. The summed E-state index contributed by atoms with van der Waals surface area (Å²) in [6.07, 6.45) is -1.26. The predicted octanol–water partition coefficient (Wildman–Crippen LogP) is 3.19. The van der Waals surface area contributed by atoms with Crippen LogP contribution in [0.4, 0.5) is 5.69 Å². The molecule has 10 heteroatoms. The number of carbonyl (C=O) groups excluding carboxylic acids is 3. The van der Waals surface area contributed by atoms with Gasteiger partial charge >= 0.3 is 5.97 Å². The number of aromatic amines is 1. The van der Waals surface area contributed by atoms with Crippen LogP contribution in [0.3, 0.4) is 0 Å². The zero-order chi connectivity index (χ0) is 22.7. The first-order chi connectivity index (χ1) is 14.0. The number of benzene rings is 1. The molecule has 1 N–H and O–H groups in total. The normalized spacial score (nSPS) is 11.5. The molecule has 0 radical (unpaired) electrons. The largest absolute Gasteiger partial charge is 0.493 e. The number of esters is 1. The number of hydrogen-bond acceptors (Lipinski definition) is 8.